The van der Waals surface area contributed by atoms with E-state index in [9.17, 15) is 4.79 Å². The van der Waals surface area contributed by atoms with Crippen molar-refractivity contribution in [1.82, 2.24) is 10.1 Å². The van der Waals surface area contributed by atoms with Crippen LogP contribution in [0.25, 0.3) is 0 Å². The Morgan fingerprint density at radius 1 is 1.41 bits per heavy atom. The molecule has 6 heteroatoms. The highest BCUT2D eigenvalue weighted by atomic mass is 16.5. The summed E-state index contributed by atoms with van der Waals surface area (Å²) in [6, 6.07) is 0. The molecule has 0 amide bonds. The second-order valence-corrected chi connectivity index (χ2v) is 4.10. The number of Topliss-reactive ketones (excluding diaryl/α,β-unsaturated/α-hetero) is 1. The van der Waals surface area contributed by atoms with E-state index >= 15 is 0 Å². The second-order valence-electron chi connectivity index (χ2n) is 4.10. The molecule has 17 heavy (non-hydrogen) atoms. The highest BCUT2D eigenvalue weighted by Gasteiger charge is 2.21. The number of methoxy groups -OCH3 is 2. The maximum absolute atomic E-state index is 11.3. The van der Waals surface area contributed by atoms with Gasteiger partial charge < -0.3 is 14.0 Å². The lowest BCUT2D eigenvalue weighted by molar-refractivity contribution is -0.122. The summed E-state index contributed by atoms with van der Waals surface area (Å²) in [5.41, 5.74) is 0. The Bertz CT molecular complexity index is 362. The summed E-state index contributed by atoms with van der Waals surface area (Å²) >= 11 is 0. The van der Waals surface area contributed by atoms with Crippen LogP contribution in [-0.2, 0) is 20.7 Å². The molecule has 1 atom stereocenters. The highest BCUT2D eigenvalue weighted by Crippen LogP contribution is 2.22. The standard InChI is InChI=1S/C11H18N2O4/c1-7(2)10(16-4)11-12-9(17-13-11)5-8(14)6-15-3/h7,10H,5-6H2,1-4H3. The van der Waals surface area contributed by atoms with Crippen molar-refractivity contribution in [3.8, 4) is 0 Å². The van der Waals surface area contributed by atoms with E-state index in [0.717, 1.165) is 0 Å². The summed E-state index contributed by atoms with van der Waals surface area (Å²) in [6.45, 7) is 4.05. The van der Waals surface area contributed by atoms with Crippen molar-refractivity contribution in [2.45, 2.75) is 26.4 Å². The quantitative estimate of drug-likeness (QED) is 0.714. The Morgan fingerprint density at radius 2 is 2.12 bits per heavy atom. The van der Waals surface area contributed by atoms with Gasteiger partial charge in [-0.1, -0.05) is 19.0 Å². The summed E-state index contributed by atoms with van der Waals surface area (Å²) in [5, 5.41) is 3.82. The van der Waals surface area contributed by atoms with Crippen molar-refractivity contribution in [2.24, 2.45) is 5.92 Å². The fourth-order valence-electron chi connectivity index (χ4n) is 1.51. The third kappa shape index (κ3) is 3.90. The van der Waals surface area contributed by atoms with Gasteiger partial charge in [-0.3, -0.25) is 4.79 Å². The third-order valence-corrected chi connectivity index (χ3v) is 2.25. The summed E-state index contributed by atoms with van der Waals surface area (Å²) in [7, 11) is 3.06. The molecule has 0 radical (unpaired) electrons. The molecule has 6 nitrogen and oxygen atoms in total. The van der Waals surface area contributed by atoms with Crippen LogP contribution in [0, 0.1) is 5.92 Å². The van der Waals surface area contributed by atoms with Crippen LogP contribution in [0.5, 0.6) is 0 Å². The summed E-state index contributed by atoms with van der Waals surface area (Å²) in [5.74, 6) is 0.911. The number of hydrogen-bond acceptors (Lipinski definition) is 6. The Hall–Kier alpha value is -1.27. The van der Waals surface area contributed by atoms with E-state index in [1.165, 1.54) is 7.11 Å². The predicted molar refractivity (Wildman–Crippen MR) is 59.5 cm³/mol. The van der Waals surface area contributed by atoms with Crippen LogP contribution in [0.3, 0.4) is 0 Å². The summed E-state index contributed by atoms with van der Waals surface area (Å²) < 4.78 is 15.0. The first kappa shape index (κ1) is 13.8. The molecule has 0 spiro atoms. The lowest BCUT2D eigenvalue weighted by Crippen LogP contribution is -2.12. The van der Waals surface area contributed by atoms with E-state index < -0.39 is 0 Å². The number of hydrogen-bond donors (Lipinski definition) is 0. The van der Waals surface area contributed by atoms with Gasteiger partial charge in [0.1, 0.15) is 12.7 Å². The maximum Gasteiger partial charge on any atom is 0.234 e. The van der Waals surface area contributed by atoms with Gasteiger partial charge in [-0.05, 0) is 5.92 Å². The van der Waals surface area contributed by atoms with Crippen molar-refractivity contribution in [2.75, 3.05) is 20.8 Å². The largest absolute Gasteiger partial charge is 0.377 e. The van der Waals surface area contributed by atoms with Gasteiger partial charge in [0.05, 0.1) is 6.42 Å². The van der Waals surface area contributed by atoms with Crippen molar-refractivity contribution in [3.05, 3.63) is 11.7 Å². The SMILES string of the molecule is COCC(=O)Cc1nc(C(OC)C(C)C)no1. The van der Waals surface area contributed by atoms with E-state index in [0.29, 0.717) is 11.7 Å². The second kappa shape index (κ2) is 6.46. The molecule has 1 unspecified atom stereocenters. The minimum absolute atomic E-state index is 0.0512. The minimum Gasteiger partial charge on any atom is -0.377 e. The molecule has 0 N–H and O–H groups in total. The van der Waals surface area contributed by atoms with E-state index in [1.807, 2.05) is 13.8 Å². The molecule has 1 rings (SSSR count). The van der Waals surface area contributed by atoms with E-state index in [-0.39, 0.29) is 30.8 Å². The normalized spacial score (nSPS) is 13.0. The van der Waals surface area contributed by atoms with Gasteiger partial charge in [0.15, 0.2) is 5.78 Å². The van der Waals surface area contributed by atoms with Crippen LogP contribution in [0.15, 0.2) is 4.52 Å². The summed E-state index contributed by atoms with van der Waals surface area (Å²) in [4.78, 5) is 15.5. The smallest absolute Gasteiger partial charge is 0.234 e. The lowest BCUT2D eigenvalue weighted by Gasteiger charge is -2.14. The van der Waals surface area contributed by atoms with Crippen molar-refractivity contribution >= 4 is 5.78 Å². The number of nitrogens with zero attached hydrogens (tertiary/aromatic N) is 2. The van der Waals surface area contributed by atoms with Gasteiger partial charge in [0.25, 0.3) is 0 Å². The molecule has 0 fully saturated rings. The van der Waals surface area contributed by atoms with Crippen LogP contribution in [0.1, 0.15) is 31.7 Å². The van der Waals surface area contributed by atoms with E-state index in [1.54, 1.807) is 7.11 Å². The number of ketones is 1. The molecule has 0 aromatic carbocycles. The Balaban J connectivity index is 2.67. The minimum atomic E-state index is -0.218. The molecular weight excluding hydrogens is 224 g/mol. The van der Waals surface area contributed by atoms with E-state index in [4.69, 9.17) is 14.0 Å². The topological polar surface area (TPSA) is 74.5 Å². The molecule has 0 aliphatic rings. The van der Waals surface area contributed by atoms with Gasteiger partial charge in [0.2, 0.25) is 11.7 Å². The molecule has 0 saturated carbocycles. The number of rotatable bonds is 7. The third-order valence-electron chi connectivity index (χ3n) is 2.25. The van der Waals surface area contributed by atoms with Crippen LogP contribution in [-0.4, -0.2) is 36.8 Å². The first-order chi connectivity index (χ1) is 8.08. The van der Waals surface area contributed by atoms with Crippen molar-refractivity contribution < 1.29 is 18.8 Å². The Labute approximate surface area is 100 Å². The molecule has 0 saturated heterocycles. The van der Waals surface area contributed by atoms with Crippen LogP contribution in [0.4, 0.5) is 0 Å². The number of aromatic nitrogens is 2. The zero-order valence-electron chi connectivity index (χ0n) is 10.6. The van der Waals surface area contributed by atoms with Crippen LogP contribution >= 0.6 is 0 Å². The van der Waals surface area contributed by atoms with Gasteiger partial charge >= 0.3 is 0 Å². The average Bonchev–Trinajstić information content (AvgIpc) is 2.67. The molecule has 1 heterocycles. The average molecular weight is 242 g/mol. The lowest BCUT2D eigenvalue weighted by atomic mass is 10.1. The fraction of sp³-hybridized carbons (Fsp3) is 0.727. The first-order valence-corrected chi connectivity index (χ1v) is 5.44. The summed E-state index contributed by atoms with van der Waals surface area (Å²) in [6.07, 6.45) is -0.125. The van der Waals surface area contributed by atoms with Gasteiger partial charge in [-0.2, -0.15) is 4.98 Å². The molecule has 0 bridgehead atoms. The fourth-order valence-corrected chi connectivity index (χ4v) is 1.51. The number of carbonyl (C=O) groups is 1. The number of ether oxygens (including phenoxy) is 2. The molecule has 1 aromatic rings. The molecule has 0 aliphatic heterocycles. The molecular formula is C11H18N2O4. The van der Waals surface area contributed by atoms with Gasteiger partial charge in [0, 0.05) is 14.2 Å². The van der Waals surface area contributed by atoms with Crippen LogP contribution < -0.4 is 0 Å². The van der Waals surface area contributed by atoms with Crippen molar-refractivity contribution in [3.63, 3.8) is 0 Å². The van der Waals surface area contributed by atoms with Gasteiger partial charge in [-0.25, -0.2) is 0 Å². The molecule has 96 valence electrons. The zero-order chi connectivity index (χ0) is 12.8. The predicted octanol–water partition coefficient (Wildman–Crippen LogP) is 1.17. The van der Waals surface area contributed by atoms with E-state index in [2.05, 4.69) is 10.1 Å². The monoisotopic (exact) mass is 242 g/mol. The molecule has 0 aliphatic carbocycles. The number of carbonyl (C=O) groups excluding carboxylic acids is 1. The molecule has 1 aromatic heterocycles. The van der Waals surface area contributed by atoms with Crippen molar-refractivity contribution in [1.29, 1.82) is 0 Å². The highest BCUT2D eigenvalue weighted by molar-refractivity contribution is 5.81. The Morgan fingerprint density at radius 3 is 2.65 bits per heavy atom. The van der Waals surface area contributed by atoms with Gasteiger partial charge in [-0.15, -0.1) is 0 Å². The maximum atomic E-state index is 11.3. The zero-order valence-corrected chi connectivity index (χ0v) is 10.6. The Kier molecular flexibility index (Phi) is 5.24. The van der Waals surface area contributed by atoms with Crippen LogP contribution in [0.2, 0.25) is 0 Å². The first-order valence-electron chi connectivity index (χ1n) is 5.44.